The first-order chi connectivity index (χ1) is 12.9. The maximum atomic E-state index is 12.8. The van der Waals surface area contributed by atoms with Crippen LogP contribution in [0.5, 0.6) is 5.75 Å². The minimum atomic E-state index is -3.89. The van der Waals surface area contributed by atoms with Crippen LogP contribution in [0.15, 0.2) is 83.8 Å². The number of esters is 1. The molecular weight excluding hydrogens is 366 g/mol. The molecule has 0 aromatic heterocycles. The second kappa shape index (κ2) is 9.16. The number of allylic oxidation sites excluding steroid dienone is 2. The van der Waals surface area contributed by atoms with E-state index in [2.05, 4.69) is 11.3 Å². The molecule has 0 amide bonds. The van der Waals surface area contributed by atoms with Gasteiger partial charge in [0.05, 0.1) is 30.7 Å². The molecule has 0 saturated heterocycles. The van der Waals surface area contributed by atoms with Crippen LogP contribution < -0.4 is 9.46 Å². The van der Waals surface area contributed by atoms with Crippen molar-refractivity contribution in [2.24, 2.45) is 0 Å². The van der Waals surface area contributed by atoms with E-state index in [-0.39, 0.29) is 10.5 Å². The van der Waals surface area contributed by atoms with E-state index in [1.54, 1.807) is 42.5 Å². The molecule has 7 heteroatoms. The van der Waals surface area contributed by atoms with Gasteiger partial charge in [-0.25, -0.2) is 13.2 Å². The van der Waals surface area contributed by atoms with E-state index < -0.39 is 22.0 Å². The summed E-state index contributed by atoms with van der Waals surface area (Å²) in [5.41, 5.74) is 0.658. The maximum absolute atomic E-state index is 12.8. The number of hydrogen-bond donors (Lipinski definition) is 1. The Balaban J connectivity index is 2.53. The van der Waals surface area contributed by atoms with Gasteiger partial charge in [0.2, 0.25) is 10.0 Å². The van der Waals surface area contributed by atoms with Gasteiger partial charge in [-0.1, -0.05) is 49.1 Å². The zero-order chi connectivity index (χ0) is 19.9. The Morgan fingerprint density at radius 3 is 2.22 bits per heavy atom. The molecule has 0 radical (unpaired) electrons. The first-order valence-corrected chi connectivity index (χ1v) is 9.53. The molecule has 0 spiro atoms. The SMILES string of the molecule is C=C/C=C(\C(=O)OC)C(NS(=O)(=O)c1ccccc1)c1ccc(OC)cc1. The van der Waals surface area contributed by atoms with Crippen LogP contribution in [0, 0.1) is 0 Å². The van der Waals surface area contributed by atoms with Crippen LogP contribution in [0.2, 0.25) is 0 Å². The summed E-state index contributed by atoms with van der Waals surface area (Å²) in [5.74, 6) is -0.0535. The Hall–Kier alpha value is -2.90. The molecule has 1 N–H and O–H groups in total. The standard InChI is InChI=1S/C20H21NO5S/c1-4-8-18(20(22)26-3)19(15-11-13-16(25-2)14-12-15)21-27(23,24)17-9-6-5-7-10-17/h4-14,19,21H,1H2,2-3H3/b18-8-. The Labute approximate surface area is 159 Å². The summed E-state index contributed by atoms with van der Waals surface area (Å²) in [4.78, 5) is 12.4. The number of nitrogens with one attached hydrogen (secondary N) is 1. The summed E-state index contributed by atoms with van der Waals surface area (Å²) in [5, 5.41) is 0. The molecule has 27 heavy (non-hydrogen) atoms. The van der Waals surface area contributed by atoms with Gasteiger partial charge >= 0.3 is 5.97 Å². The lowest BCUT2D eigenvalue weighted by Gasteiger charge is -2.21. The molecule has 2 rings (SSSR count). The Kier molecular flexibility index (Phi) is 6.92. The minimum absolute atomic E-state index is 0.0892. The molecular formula is C20H21NO5S. The van der Waals surface area contributed by atoms with Gasteiger partial charge in [0.15, 0.2) is 0 Å². The third kappa shape index (κ3) is 5.06. The van der Waals surface area contributed by atoms with Gasteiger partial charge in [-0.3, -0.25) is 0 Å². The average Bonchev–Trinajstić information content (AvgIpc) is 2.70. The molecule has 0 aliphatic heterocycles. The van der Waals surface area contributed by atoms with Crippen LogP contribution in [0.1, 0.15) is 11.6 Å². The third-order valence-electron chi connectivity index (χ3n) is 3.81. The van der Waals surface area contributed by atoms with Crippen LogP contribution in [0.3, 0.4) is 0 Å². The van der Waals surface area contributed by atoms with Crippen molar-refractivity contribution in [3.63, 3.8) is 0 Å². The number of hydrogen-bond acceptors (Lipinski definition) is 5. The number of carbonyl (C=O) groups is 1. The molecule has 0 heterocycles. The summed E-state index contributed by atoms with van der Waals surface area (Å²) < 4.78 is 38.2. The highest BCUT2D eigenvalue weighted by Crippen LogP contribution is 2.27. The molecule has 142 valence electrons. The summed E-state index contributed by atoms with van der Waals surface area (Å²) in [7, 11) is -1.13. The van der Waals surface area contributed by atoms with Crippen molar-refractivity contribution in [3.05, 3.63) is 84.5 Å². The summed E-state index contributed by atoms with van der Waals surface area (Å²) in [6.45, 7) is 3.59. The zero-order valence-electron chi connectivity index (χ0n) is 15.1. The summed E-state index contributed by atoms with van der Waals surface area (Å²) >= 11 is 0. The number of carbonyl (C=O) groups excluding carboxylic acids is 1. The second-order valence-electron chi connectivity index (χ2n) is 5.49. The van der Waals surface area contributed by atoms with Crippen molar-refractivity contribution in [2.75, 3.05) is 14.2 Å². The van der Waals surface area contributed by atoms with E-state index in [0.29, 0.717) is 11.3 Å². The smallest absolute Gasteiger partial charge is 0.335 e. The fourth-order valence-corrected chi connectivity index (χ4v) is 3.68. The van der Waals surface area contributed by atoms with Crippen molar-refractivity contribution in [1.29, 1.82) is 0 Å². The van der Waals surface area contributed by atoms with E-state index >= 15 is 0 Å². The zero-order valence-corrected chi connectivity index (χ0v) is 15.9. The van der Waals surface area contributed by atoms with Gasteiger partial charge in [0.1, 0.15) is 5.75 Å². The Bertz CT molecular complexity index is 919. The monoisotopic (exact) mass is 387 g/mol. The van der Waals surface area contributed by atoms with Crippen molar-refractivity contribution in [1.82, 2.24) is 4.72 Å². The molecule has 2 aromatic rings. The van der Waals surface area contributed by atoms with Crippen molar-refractivity contribution in [3.8, 4) is 5.75 Å². The maximum Gasteiger partial charge on any atom is 0.335 e. The molecule has 0 aliphatic carbocycles. The molecule has 0 bridgehead atoms. The van der Waals surface area contributed by atoms with E-state index in [0.717, 1.165) is 0 Å². The highest BCUT2D eigenvalue weighted by molar-refractivity contribution is 7.89. The van der Waals surface area contributed by atoms with E-state index in [4.69, 9.17) is 9.47 Å². The largest absolute Gasteiger partial charge is 0.497 e. The molecule has 0 fully saturated rings. The average molecular weight is 387 g/mol. The van der Waals surface area contributed by atoms with Gasteiger partial charge in [0, 0.05) is 0 Å². The highest BCUT2D eigenvalue weighted by Gasteiger charge is 2.28. The lowest BCUT2D eigenvalue weighted by atomic mass is 9.99. The summed E-state index contributed by atoms with van der Waals surface area (Å²) in [6, 6.07) is 13.7. The third-order valence-corrected chi connectivity index (χ3v) is 5.24. The molecule has 0 aliphatic rings. The fourth-order valence-electron chi connectivity index (χ4n) is 2.46. The molecule has 1 atom stereocenters. The Morgan fingerprint density at radius 1 is 1.07 bits per heavy atom. The van der Waals surface area contributed by atoms with E-state index in [1.165, 1.54) is 38.5 Å². The number of sulfonamides is 1. The predicted molar refractivity (Wildman–Crippen MR) is 103 cm³/mol. The van der Waals surface area contributed by atoms with Gasteiger partial charge in [-0.15, -0.1) is 0 Å². The van der Waals surface area contributed by atoms with Gasteiger partial charge < -0.3 is 9.47 Å². The number of methoxy groups -OCH3 is 2. The van der Waals surface area contributed by atoms with Crippen molar-refractivity contribution < 1.29 is 22.7 Å². The van der Waals surface area contributed by atoms with Gasteiger partial charge in [-0.05, 0) is 29.8 Å². The molecule has 2 aromatic carbocycles. The lowest BCUT2D eigenvalue weighted by Crippen LogP contribution is -2.32. The highest BCUT2D eigenvalue weighted by atomic mass is 32.2. The van der Waals surface area contributed by atoms with E-state index in [9.17, 15) is 13.2 Å². The predicted octanol–water partition coefficient (Wildman–Crippen LogP) is 3.00. The first kappa shape index (κ1) is 20.4. The van der Waals surface area contributed by atoms with Crippen LogP contribution in [-0.2, 0) is 19.6 Å². The minimum Gasteiger partial charge on any atom is -0.497 e. The van der Waals surface area contributed by atoms with Crippen LogP contribution in [-0.4, -0.2) is 28.6 Å². The van der Waals surface area contributed by atoms with Gasteiger partial charge in [0.25, 0.3) is 0 Å². The van der Waals surface area contributed by atoms with Gasteiger partial charge in [-0.2, -0.15) is 4.72 Å². The van der Waals surface area contributed by atoms with E-state index in [1.807, 2.05) is 0 Å². The molecule has 0 saturated carbocycles. The first-order valence-electron chi connectivity index (χ1n) is 8.05. The normalized spacial score (nSPS) is 12.9. The Morgan fingerprint density at radius 2 is 1.70 bits per heavy atom. The van der Waals surface area contributed by atoms with Crippen LogP contribution >= 0.6 is 0 Å². The molecule has 6 nitrogen and oxygen atoms in total. The second-order valence-corrected chi connectivity index (χ2v) is 7.20. The van der Waals surface area contributed by atoms with Crippen LogP contribution in [0.25, 0.3) is 0 Å². The van der Waals surface area contributed by atoms with Crippen molar-refractivity contribution in [2.45, 2.75) is 10.9 Å². The topological polar surface area (TPSA) is 81.7 Å². The lowest BCUT2D eigenvalue weighted by molar-refractivity contribution is -0.136. The van der Waals surface area contributed by atoms with Crippen LogP contribution in [0.4, 0.5) is 0 Å². The quantitative estimate of drug-likeness (QED) is 0.428. The number of benzene rings is 2. The number of ether oxygens (including phenoxy) is 2. The fraction of sp³-hybridized carbons (Fsp3) is 0.150. The van der Waals surface area contributed by atoms with Crippen molar-refractivity contribution >= 4 is 16.0 Å². The molecule has 1 unspecified atom stereocenters. The number of rotatable bonds is 8. The summed E-state index contributed by atoms with van der Waals surface area (Å²) in [6.07, 6.45) is 2.83.